The summed E-state index contributed by atoms with van der Waals surface area (Å²) in [7, 11) is 0. The molecule has 0 spiro atoms. The van der Waals surface area contributed by atoms with Gasteiger partial charge in [0.05, 0.1) is 0 Å². The molecule has 1 amide bonds. The molecule has 6 nitrogen and oxygen atoms in total. The van der Waals surface area contributed by atoms with E-state index in [0.29, 0.717) is 11.4 Å². The largest absolute Gasteiger partial charge is 0.352 e. The minimum atomic E-state index is -0.406. The molecule has 0 bridgehead atoms. The van der Waals surface area contributed by atoms with Gasteiger partial charge in [-0.25, -0.2) is 9.37 Å². The third-order valence-corrected chi connectivity index (χ3v) is 3.54. The third kappa shape index (κ3) is 4.65. The fraction of sp³-hybridized carbons (Fsp3) is 0.353. The zero-order valence-corrected chi connectivity index (χ0v) is 14.0. The second-order valence-corrected chi connectivity index (χ2v) is 5.66. The molecule has 1 unspecified atom stereocenters. The van der Waals surface area contributed by atoms with Gasteiger partial charge in [-0.2, -0.15) is 0 Å². The summed E-state index contributed by atoms with van der Waals surface area (Å²) < 4.78 is 14.6. The molecule has 0 aliphatic heterocycles. The molecule has 24 heavy (non-hydrogen) atoms. The number of nitrogens with zero attached hydrogens (tertiary/aromatic N) is 2. The third-order valence-electron chi connectivity index (χ3n) is 3.54. The van der Waals surface area contributed by atoms with Crippen LogP contribution in [0.3, 0.4) is 0 Å². The first-order valence-corrected chi connectivity index (χ1v) is 7.79. The van der Waals surface area contributed by atoms with Crippen molar-refractivity contribution in [2.24, 2.45) is 0 Å². The first-order valence-electron chi connectivity index (χ1n) is 7.79. The number of benzene rings is 1. The number of carbonyl (C=O) groups excluding carboxylic acids is 1. The quantitative estimate of drug-likeness (QED) is 0.851. The van der Waals surface area contributed by atoms with Gasteiger partial charge in [0.15, 0.2) is 0 Å². The van der Waals surface area contributed by atoms with E-state index in [1.807, 2.05) is 13.8 Å². The molecule has 0 aliphatic carbocycles. The van der Waals surface area contributed by atoms with E-state index in [1.54, 1.807) is 19.1 Å². The van der Waals surface area contributed by atoms with Crippen molar-refractivity contribution >= 4 is 17.5 Å². The lowest BCUT2D eigenvalue weighted by Crippen LogP contribution is -2.37. The van der Waals surface area contributed by atoms with Crippen LogP contribution < -0.4 is 16.2 Å². The van der Waals surface area contributed by atoms with Crippen LogP contribution in [0, 0.1) is 12.7 Å². The number of nitrogens with one attached hydrogen (secondary N) is 2. The standard InChI is InChI=1S/C17H21FN4O2/c1-4-11(2)19-15(23)10-22-16(24)8-12(3)20-17(22)21-14-7-5-6-13(18)9-14/h5-9,11H,4,10H2,1-3H3,(H,19,23)(H,20,21). The smallest absolute Gasteiger partial charge is 0.255 e. The van der Waals surface area contributed by atoms with Crippen molar-refractivity contribution in [2.75, 3.05) is 5.32 Å². The summed E-state index contributed by atoms with van der Waals surface area (Å²) in [5, 5.41) is 5.71. The molecule has 1 aromatic heterocycles. The Bertz CT molecular complexity index is 788. The van der Waals surface area contributed by atoms with Gasteiger partial charge >= 0.3 is 0 Å². The SMILES string of the molecule is CCC(C)NC(=O)Cn1c(Nc2cccc(F)c2)nc(C)cc1=O. The molecule has 0 radical (unpaired) electrons. The number of aromatic nitrogens is 2. The lowest BCUT2D eigenvalue weighted by atomic mass is 10.2. The highest BCUT2D eigenvalue weighted by atomic mass is 19.1. The summed E-state index contributed by atoms with van der Waals surface area (Å²) in [6, 6.07) is 7.19. The van der Waals surface area contributed by atoms with Gasteiger partial charge in [-0.3, -0.25) is 14.2 Å². The van der Waals surface area contributed by atoms with Crippen LogP contribution in [0.15, 0.2) is 35.1 Å². The Kier molecular flexibility index (Phi) is 5.68. The topological polar surface area (TPSA) is 76.0 Å². The van der Waals surface area contributed by atoms with Crippen molar-refractivity contribution in [3.63, 3.8) is 0 Å². The molecule has 1 aromatic carbocycles. The van der Waals surface area contributed by atoms with Crippen molar-refractivity contribution in [2.45, 2.75) is 39.8 Å². The first-order chi connectivity index (χ1) is 11.4. The lowest BCUT2D eigenvalue weighted by Gasteiger charge is -2.16. The Morgan fingerprint density at radius 1 is 1.38 bits per heavy atom. The van der Waals surface area contributed by atoms with Crippen LogP contribution in [0.25, 0.3) is 0 Å². The van der Waals surface area contributed by atoms with E-state index in [9.17, 15) is 14.0 Å². The van der Waals surface area contributed by atoms with Crippen LogP contribution >= 0.6 is 0 Å². The van der Waals surface area contributed by atoms with Crippen molar-refractivity contribution in [3.8, 4) is 0 Å². The molecular weight excluding hydrogens is 311 g/mol. The molecule has 0 saturated heterocycles. The summed E-state index contributed by atoms with van der Waals surface area (Å²) in [5.41, 5.74) is 0.613. The summed E-state index contributed by atoms with van der Waals surface area (Å²) in [6.45, 7) is 5.37. The van der Waals surface area contributed by atoms with E-state index in [4.69, 9.17) is 0 Å². The Morgan fingerprint density at radius 2 is 2.12 bits per heavy atom. The predicted molar refractivity (Wildman–Crippen MR) is 90.8 cm³/mol. The number of aryl methyl sites for hydroxylation is 1. The Balaban J connectivity index is 2.30. The fourth-order valence-corrected chi connectivity index (χ4v) is 2.13. The van der Waals surface area contributed by atoms with Gasteiger partial charge < -0.3 is 10.6 Å². The molecule has 1 atom stereocenters. The van der Waals surface area contributed by atoms with Crippen LogP contribution in [0.1, 0.15) is 26.0 Å². The average Bonchev–Trinajstić information content (AvgIpc) is 2.50. The molecular formula is C17H21FN4O2. The molecule has 128 valence electrons. The first kappa shape index (κ1) is 17.7. The average molecular weight is 332 g/mol. The highest BCUT2D eigenvalue weighted by Gasteiger charge is 2.13. The van der Waals surface area contributed by atoms with Crippen molar-refractivity contribution in [3.05, 3.63) is 52.2 Å². The lowest BCUT2D eigenvalue weighted by molar-refractivity contribution is -0.122. The minimum Gasteiger partial charge on any atom is -0.352 e. The van der Waals surface area contributed by atoms with E-state index in [1.165, 1.54) is 22.8 Å². The maximum Gasteiger partial charge on any atom is 0.255 e. The van der Waals surface area contributed by atoms with E-state index in [2.05, 4.69) is 15.6 Å². The number of rotatable bonds is 6. The van der Waals surface area contributed by atoms with Gasteiger partial charge in [0, 0.05) is 23.5 Å². The van der Waals surface area contributed by atoms with Crippen molar-refractivity contribution in [1.29, 1.82) is 0 Å². The molecule has 7 heteroatoms. The highest BCUT2D eigenvalue weighted by molar-refractivity contribution is 5.76. The van der Waals surface area contributed by atoms with Crippen LogP contribution in [-0.4, -0.2) is 21.5 Å². The number of carbonyl (C=O) groups is 1. The van der Waals surface area contributed by atoms with Crippen LogP contribution in [0.2, 0.25) is 0 Å². The van der Waals surface area contributed by atoms with Gasteiger partial charge in [-0.05, 0) is 38.5 Å². The van der Waals surface area contributed by atoms with Crippen LogP contribution in [-0.2, 0) is 11.3 Å². The van der Waals surface area contributed by atoms with Crippen molar-refractivity contribution < 1.29 is 9.18 Å². The molecule has 0 fully saturated rings. The normalized spacial score (nSPS) is 11.8. The zero-order chi connectivity index (χ0) is 17.7. The highest BCUT2D eigenvalue weighted by Crippen LogP contribution is 2.15. The van der Waals surface area contributed by atoms with Gasteiger partial charge in [0.25, 0.3) is 5.56 Å². The minimum absolute atomic E-state index is 0.0197. The monoisotopic (exact) mass is 332 g/mol. The number of amides is 1. The number of hydrogen-bond donors (Lipinski definition) is 2. The number of hydrogen-bond acceptors (Lipinski definition) is 4. The number of halogens is 1. The van der Waals surface area contributed by atoms with E-state index < -0.39 is 5.82 Å². The zero-order valence-electron chi connectivity index (χ0n) is 14.0. The molecule has 1 heterocycles. The summed E-state index contributed by atoms with van der Waals surface area (Å²) in [4.78, 5) is 28.6. The Labute approximate surface area is 139 Å². The van der Waals surface area contributed by atoms with Gasteiger partial charge in [-0.15, -0.1) is 0 Å². The summed E-state index contributed by atoms with van der Waals surface area (Å²) in [6.07, 6.45) is 0.793. The molecule has 0 saturated carbocycles. The summed E-state index contributed by atoms with van der Waals surface area (Å²) in [5.74, 6) is -0.486. The van der Waals surface area contributed by atoms with E-state index in [-0.39, 0.29) is 30.0 Å². The van der Waals surface area contributed by atoms with Gasteiger partial charge in [0.1, 0.15) is 12.4 Å². The summed E-state index contributed by atoms with van der Waals surface area (Å²) >= 11 is 0. The number of anilines is 2. The fourth-order valence-electron chi connectivity index (χ4n) is 2.13. The molecule has 2 rings (SSSR count). The molecule has 2 aromatic rings. The second-order valence-electron chi connectivity index (χ2n) is 5.66. The van der Waals surface area contributed by atoms with E-state index in [0.717, 1.165) is 6.42 Å². The maximum atomic E-state index is 13.3. The van der Waals surface area contributed by atoms with E-state index >= 15 is 0 Å². The van der Waals surface area contributed by atoms with Crippen LogP contribution in [0.4, 0.5) is 16.0 Å². The van der Waals surface area contributed by atoms with Crippen molar-refractivity contribution in [1.82, 2.24) is 14.9 Å². The Morgan fingerprint density at radius 3 is 2.79 bits per heavy atom. The van der Waals surface area contributed by atoms with Crippen LogP contribution in [0.5, 0.6) is 0 Å². The molecule has 2 N–H and O–H groups in total. The predicted octanol–water partition coefficient (Wildman–Crippen LogP) is 2.35. The second kappa shape index (κ2) is 7.72. The Hall–Kier alpha value is -2.70. The maximum absolute atomic E-state index is 13.3. The molecule has 0 aliphatic rings. The van der Waals surface area contributed by atoms with Gasteiger partial charge in [-0.1, -0.05) is 13.0 Å². The van der Waals surface area contributed by atoms with Gasteiger partial charge in [0.2, 0.25) is 11.9 Å².